The summed E-state index contributed by atoms with van der Waals surface area (Å²) in [6.45, 7) is 3.04. The number of nitrogens with zero attached hydrogens (tertiary/aromatic N) is 3. The zero-order valence-electron chi connectivity index (χ0n) is 11.1. The van der Waals surface area contributed by atoms with Crippen LogP contribution in [0.25, 0.3) is 22.2 Å². The third-order valence-electron chi connectivity index (χ3n) is 2.91. The van der Waals surface area contributed by atoms with Gasteiger partial charge in [-0.25, -0.2) is 15.0 Å². The Labute approximate surface area is 116 Å². The van der Waals surface area contributed by atoms with Crippen molar-refractivity contribution in [3.63, 3.8) is 0 Å². The first-order chi connectivity index (χ1) is 9.76. The molecule has 0 saturated heterocycles. The van der Waals surface area contributed by atoms with Gasteiger partial charge in [-0.3, -0.25) is 0 Å². The molecule has 3 N–H and O–H groups in total. The summed E-state index contributed by atoms with van der Waals surface area (Å²) in [6, 6.07) is 5.86. The molecule has 0 radical (unpaired) electrons. The highest BCUT2D eigenvalue weighted by molar-refractivity contribution is 5.79. The molecule has 0 aliphatic carbocycles. The van der Waals surface area contributed by atoms with E-state index in [-0.39, 0.29) is 0 Å². The van der Waals surface area contributed by atoms with Crippen molar-refractivity contribution < 1.29 is 4.42 Å². The normalized spacial score (nSPS) is 10.9. The third kappa shape index (κ3) is 2.46. The maximum Gasteiger partial charge on any atom is 0.222 e. The lowest BCUT2D eigenvalue weighted by atomic mass is 10.1. The lowest BCUT2D eigenvalue weighted by molar-refractivity contribution is 0.561. The number of hydrogen-bond donors (Lipinski definition) is 2. The van der Waals surface area contributed by atoms with E-state index in [0.29, 0.717) is 24.9 Å². The van der Waals surface area contributed by atoms with Crippen LogP contribution in [0.4, 0.5) is 5.95 Å². The predicted octanol–water partition coefficient (Wildman–Crippen LogP) is 1.96. The average Bonchev–Trinajstić information content (AvgIpc) is 2.84. The number of nitrogens with two attached hydrogens (primary N) is 1. The largest absolute Gasteiger partial charge is 0.441 e. The number of hydrogen-bond acceptors (Lipinski definition) is 6. The molecule has 0 bridgehead atoms. The Morgan fingerprint density at radius 2 is 2.00 bits per heavy atom. The van der Waals surface area contributed by atoms with Gasteiger partial charge < -0.3 is 15.5 Å². The van der Waals surface area contributed by atoms with Gasteiger partial charge in [-0.15, -0.1) is 0 Å². The van der Waals surface area contributed by atoms with Crippen molar-refractivity contribution in [2.24, 2.45) is 5.73 Å². The van der Waals surface area contributed by atoms with E-state index in [4.69, 9.17) is 10.2 Å². The van der Waals surface area contributed by atoms with Crippen molar-refractivity contribution in [1.82, 2.24) is 15.0 Å². The summed E-state index contributed by atoms with van der Waals surface area (Å²) < 4.78 is 5.53. The minimum absolute atomic E-state index is 0.548. The highest BCUT2D eigenvalue weighted by Crippen LogP contribution is 2.24. The standard InChI is InChI=1S/C14H15N5O/c1-9-19-12-3-2-10(6-13(12)20-9)11-7-17-14(18-8-11)16-5-4-15/h2-3,6-8H,4-5,15H2,1H3,(H,16,17,18). The molecule has 0 amide bonds. The van der Waals surface area contributed by atoms with Crippen molar-refractivity contribution in [3.8, 4) is 11.1 Å². The van der Waals surface area contributed by atoms with Crippen LogP contribution in [0.2, 0.25) is 0 Å². The smallest absolute Gasteiger partial charge is 0.222 e. The Balaban J connectivity index is 1.89. The summed E-state index contributed by atoms with van der Waals surface area (Å²) in [5.74, 6) is 1.24. The molecule has 6 nitrogen and oxygen atoms in total. The number of fused-ring (bicyclic) bond motifs is 1. The molecule has 0 spiro atoms. The van der Waals surface area contributed by atoms with E-state index < -0.39 is 0 Å². The van der Waals surface area contributed by atoms with Crippen LogP contribution >= 0.6 is 0 Å². The predicted molar refractivity (Wildman–Crippen MR) is 77.3 cm³/mol. The molecule has 3 aromatic rings. The maximum absolute atomic E-state index is 5.53. The lowest BCUT2D eigenvalue weighted by Gasteiger charge is -2.04. The lowest BCUT2D eigenvalue weighted by Crippen LogP contribution is -2.14. The fraction of sp³-hybridized carbons (Fsp3) is 0.214. The van der Waals surface area contributed by atoms with Crippen LogP contribution < -0.4 is 11.1 Å². The third-order valence-corrected chi connectivity index (χ3v) is 2.91. The minimum atomic E-state index is 0.548. The van der Waals surface area contributed by atoms with Gasteiger partial charge in [0.1, 0.15) is 5.52 Å². The molecule has 0 aliphatic rings. The van der Waals surface area contributed by atoms with Gasteiger partial charge in [0.25, 0.3) is 0 Å². The Kier molecular flexibility index (Phi) is 3.30. The molecule has 2 aromatic heterocycles. The van der Waals surface area contributed by atoms with E-state index in [2.05, 4.69) is 20.3 Å². The van der Waals surface area contributed by atoms with Crippen LogP contribution in [0, 0.1) is 6.92 Å². The summed E-state index contributed by atoms with van der Waals surface area (Å²) in [5.41, 5.74) is 8.97. The summed E-state index contributed by atoms with van der Waals surface area (Å²) in [7, 11) is 0. The molecule has 3 rings (SSSR count). The molecule has 0 aliphatic heterocycles. The van der Waals surface area contributed by atoms with Crippen molar-refractivity contribution in [1.29, 1.82) is 0 Å². The van der Waals surface area contributed by atoms with Crippen LogP contribution in [-0.4, -0.2) is 28.0 Å². The first-order valence-corrected chi connectivity index (χ1v) is 6.40. The van der Waals surface area contributed by atoms with Gasteiger partial charge >= 0.3 is 0 Å². The first-order valence-electron chi connectivity index (χ1n) is 6.40. The Morgan fingerprint density at radius 1 is 1.20 bits per heavy atom. The van der Waals surface area contributed by atoms with Gasteiger partial charge in [-0.1, -0.05) is 6.07 Å². The summed E-state index contributed by atoms with van der Waals surface area (Å²) in [4.78, 5) is 12.8. The molecule has 102 valence electrons. The number of anilines is 1. The average molecular weight is 269 g/mol. The van der Waals surface area contributed by atoms with E-state index >= 15 is 0 Å². The molecule has 6 heteroatoms. The first kappa shape index (κ1) is 12.6. The Hall–Kier alpha value is -2.47. The van der Waals surface area contributed by atoms with E-state index in [9.17, 15) is 0 Å². The monoisotopic (exact) mass is 269 g/mol. The summed E-state index contributed by atoms with van der Waals surface area (Å²) in [6.07, 6.45) is 3.55. The number of nitrogens with one attached hydrogen (secondary N) is 1. The van der Waals surface area contributed by atoms with Crippen LogP contribution in [0.1, 0.15) is 5.89 Å². The maximum atomic E-state index is 5.53. The molecule has 0 unspecified atom stereocenters. The molecule has 1 aromatic carbocycles. The van der Waals surface area contributed by atoms with Gasteiger partial charge in [0.05, 0.1) is 0 Å². The molecular weight excluding hydrogens is 254 g/mol. The van der Waals surface area contributed by atoms with Gasteiger partial charge in [-0.05, 0) is 17.7 Å². The van der Waals surface area contributed by atoms with Crippen LogP contribution in [0.3, 0.4) is 0 Å². The van der Waals surface area contributed by atoms with Gasteiger partial charge in [-0.2, -0.15) is 0 Å². The summed E-state index contributed by atoms with van der Waals surface area (Å²) >= 11 is 0. The zero-order valence-corrected chi connectivity index (χ0v) is 11.1. The van der Waals surface area contributed by atoms with Gasteiger partial charge in [0.2, 0.25) is 5.95 Å². The topological polar surface area (TPSA) is 89.9 Å². The second-order valence-electron chi connectivity index (χ2n) is 4.43. The number of rotatable bonds is 4. The quantitative estimate of drug-likeness (QED) is 0.752. The molecule has 20 heavy (non-hydrogen) atoms. The molecule has 0 atom stereocenters. The van der Waals surface area contributed by atoms with Gasteiger partial charge in [0, 0.05) is 38.0 Å². The number of aromatic nitrogens is 3. The number of oxazole rings is 1. The SMILES string of the molecule is Cc1nc2ccc(-c3cnc(NCCN)nc3)cc2o1. The fourth-order valence-corrected chi connectivity index (χ4v) is 1.97. The van der Waals surface area contributed by atoms with Crippen molar-refractivity contribution in [2.45, 2.75) is 6.92 Å². The van der Waals surface area contributed by atoms with Crippen molar-refractivity contribution in [2.75, 3.05) is 18.4 Å². The van der Waals surface area contributed by atoms with Crippen molar-refractivity contribution >= 4 is 17.0 Å². The van der Waals surface area contributed by atoms with Crippen LogP contribution in [0.5, 0.6) is 0 Å². The van der Waals surface area contributed by atoms with Gasteiger partial charge in [0.15, 0.2) is 11.5 Å². The zero-order chi connectivity index (χ0) is 13.9. The van der Waals surface area contributed by atoms with E-state index in [1.165, 1.54) is 0 Å². The minimum Gasteiger partial charge on any atom is -0.441 e. The molecule has 2 heterocycles. The van der Waals surface area contributed by atoms with E-state index in [0.717, 1.165) is 22.2 Å². The van der Waals surface area contributed by atoms with Crippen molar-refractivity contribution in [3.05, 3.63) is 36.5 Å². The second kappa shape index (κ2) is 5.26. The van der Waals surface area contributed by atoms with Crippen LogP contribution in [0.15, 0.2) is 35.0 Å². The molecule has 0 fully saturated rings. The Morgan fingerprint density at radius 3 is 2.75 bits per heavy atom. The highest BCUT2D eigenvalue weighted by Gasteiger charge is 2.05. The highest BCUT2D eigenvalue weighted by atomic mass is 16.3. The number of aryl methyl sites for hydroxylation is 1. The molecular formula is C14H15N5O. The number of benzene rings is 1. The second-order valence-corrected chi connectivity index (χ2v) is 4.43. The molecule has 0 saturated carbocycles. The fourth-order valence-electron chi connectivity index (χ4n) is 1.97. The van der Waals surface area contributed by atoms with E-state index in [1.807, 2.05) is 25.1 Å². The van der Waals surface area contributed by atoms with Crippen LogP contribution in [-0.2, 0) is 0 Å². The Bertz CT molecular complexity index is 720. The van der Waals surface area contributed by atoms with E-state index in [1.54, 1.807) is 12.4 Å². The summed E-state index contributed by atoms with van der Waals surface area (Å²) in [5, 5.41) is 3.03.